The third kappa shape index (κ3) is 5.68. The van der Waals surface area contributed by atoms with Crippen LogP contribution < -0.4 is 5.32 Å². The van der Waals surface area contributed by atoms with E-state index in [4.69, 9.17) is 0 Å². The Labute approximate surface area is 156 Å². The second-order valence-corrected chi connectivity index (χ2v) is 7.08. The van der Waals surface area contributed by atoms with Crippen LogP contribution in [0.15, 0.2) is 54.6 Å². The molecule has 4 heteroatoms. The van der Waals surface area contributed by atoms with Gasteiger partial charge in [-0.25, -0.2) is 0 Å². The van der Waals surface area contributed by atoms with Crippen molar-refractivity contribution in [2.24, 2.45) is 0 Å². The van der Waals surface area contributed by atoms with Gasteiger partial charge in [0.15, 0.2) is 0 Å². The van der Waals surface area contributed by atoms with E-state index in [9.17, 15) is 4.79 Å². The first-order valence-electron chi connectivity index (χ1n) is 9.54. The number of benzene rings is 2. The molecule has 1 aliphatic rings. The van der Waals surface area contributed by atoms with Crippen molar-refractivity contribution in [1.29, 1.82) is 0 Å². The van der Waals surface area contributed by atoms with E-state index in [0.717, 1.165) is 63.4 Å². The van der Waals surface area contributed by atoms with E-state index >= 15 is 0 Å². The van der Waals surface area contributed by atoms with Gasteiger partial charge in [0.05, 0.1) is 0 Å². The fourth-order valence-electron chi connectivity index (χ4n) is 3.41. The van der Waals surface area contributed by atoms with Crippen molar-refractivity contribution in [1.82, 2.24) is 15.1 Å². The molecule has 0 saturated carbocycles. The van der Waals surface area contributed by atoms with Crippen molar-refractivity contribution < 1.29 is 4.79 Å². The zero-order chi connectivity index (χ0) is 18.2. The SMILES string of the molecule is Cc1cccc(C(=O)NCCCN2CCN(Cc3ccccc3)CC2)c1. The molecule has 1 aliphatic heterocycles. The first-order chi connectivity index (χ1) is 12.7. The van der Waals surface area contributed by atoms with Gasteiger partial charge in [0, 0.05) is 44.8 Å². The number of carbonyl (C=O) groups excluding carboxylic acids is 1. The first kappa shape index (κ1) is 18.6. The predicted molar refractivity (Wildman–Crippen MR) is 106 cm³/mol. The van der Waals surface area contributed by atoms with Crippen LogP contribution in [0.5, 0.6) is 0 Å². The molecular weight excluding hydrogens is 322 g/mol. The largest absolute Gasteiger partial charge is 0.352 e. The third-order valence-electron chi connectivity index (χ3n) is 4.93. The summed E-state index contributed by atoms with van der Waals surface area (Å²) in [6, 6.07) is 18.4. The Morgan fingerprint density at radius 2 is 1.69 bits per heavy atom. The monoisotopic (exact) mass is 351 g/mol. The van der Waals surface area contributed by atoms with Crippen LogP contribution in [0, 0.1) is 6.92 Å². The van der Waals surface area contributed by atoms with Gasteiger partial charge in [0.25, 0.3) is 5.91 Å². The predicted octanol–water partition coefficient (Wildman–Crippen LogP) is 2.93. The molecule has 3 rings (SSSR count). The van der Waals surface area contributed by atoms with E-state index in [2.05, 4.69) is 45.4 Å². The fourth-order valence-corrected chi connectivity index (χ4v) is 3.41. The van der Waals surface area contributed by atoms with Crippen LogP contribution in [-0.2, 0) is 6.54 Å². The molecule has 0 unspecified atom stereocenters. The van der Waals surface area contributed by atoms with Crippen LogP contribution >= 0.6 is 0 Å². The van der Waals surface area contributed by atoms with E-state index in [1.165, 1.54) is 5.56 Å². The van der Waals surface area contributed by atoms with E-state index in [1.54, 1.807) is 0 Å². The summed E-state index contributed by atoms with van der Waals surface area (Å²) >= 11 is 0. The molecule has 1 saturated heterocycles. The number of aryl methyl sites for hydroxylation is 1. The Bertz CT molecular complexity index is 694. The van der Waals surface area contributed by atoms with Gasteiger partial charge in [-0.2, -0.15) is 0 Å². The van der Waals surface area contributed by atoms with Gasteiger partial charge in [0.2, 0.25) is 0 Å². The normalized spacial score (nSPS) is 15.7. The van der Waals surface area contributed by atoms with Gasteiger partial charge in [-0.15, -0.1) is 0 Å². The Morgan fingerprint density at radius 1 is 0.962 bits per heavy atom. The molecule has 0 spiro atoms. The van der Waals surface area contributed by atoms with Crippen LogP contribution in [0.1, 0.15) is 27.9 Å². The molecule has 0 aliphatic carbocycles. The molecular formula is C22H29N3O. The minimum atomic E-state index is 0.0291. The molecule has 1 heterocycles. The molecule has 138 valence electrons. The van der Waals surface area contributed by atoms with Crippen molar-refractivity contribution in [2.45, 2.75) is 19.9 Å². The third-order valence-corrected chi connectivity index (χ3v) is 4.93. The van der Waals surface area contributed by atoms with Gasteiger partial charge < -0.3 is 10.2 Å². The number of carbonyl (C=O) groups is 1. The van der Waals surface area contributed by atoms with Crippen LogP contribution in [-0.4, -0.2) is 55.0 Å². The average Bonchev–Trinajstić information content (AvgIpc) is 2.67. The van der Waals surface area contributed by atoms with E-state index in [-0.39, 0.29) is 5.91 Å². The highest BCUT2D eigenvalue weighted by atomic mass is 16.1. The molecule has 2 aromatic carbocycles. The summed E-state index contributed by atoms with van der Waals surface area (Å²) in [5, 5.41) is 3.03. The number of hydrogen-bond acceptors (Lipinski definition) is 3. The molecule has 4 nitrogen and oxygen atoms in total. The standard InChI is InChI=1S/C22H29N3O/c1-19-7-5-10-21(17-19)22(26)23-11-6-12-24-13-15-25(16-14-24)18-20-8-3-2-4-9-20/h2-5,7-10,17H,6,11-16,18H2,1H3,(H,23,26). The molecule has 1 fully saturated rings. The quantitative estimate of drug-likeness (QED) is 0.779. The smallest absolute Gasteiger partial charge is 0.251 e. The van der Waals surface area contributed by atoms with E-state index in [0.29, 0.717) is 0 Å². The lowest BCUT2D eigenvalue weighted by atomic mass is 10.1. The minimum Gasteiger partial charge on any atom is -0.352 e. The lowest BCUT2D eigenvalue weighted by molar-refractivity contribution is 0.0947. The molecule has 0 radical (unpaired) electrons. The maximum Gasteiger partial charge on any atom is 0.251 e. The zero-order valence-corrected chi connectivity index (χ0v) is 15.7. The van der Waals surface area contributed by atoms with Crippen molar-refractivity contribution in [3.05, 3.63) is 71.3 Å². The molecule has 0 aromatic heterocycles. The van der Waals surface area contributed by atoms with Gasteiger partial charge >= 0.3 is 0 Å². The fraction of sp³-hybridized carbons (Fsp3) is 0.409. The van der Waals surface area contributed by atoms with Gasteiger partial charge in [-0.05, 0) is 37.6 Å². The Kier molecular flexibility index (Phi) is 6.81. The number of nitrogens with zero attached hydrogens (tertiary/aromatic N) is 2. The Balaban J connectivity index is 1.31. The zero-order valence-electron chi connectivity index (χ0n) is 15.7. The lowest BCUT2D eigenvalue weighted by Gasteiger charge is -2.34. The molecule has 1 amide bonds. The number of piperazine rings is 1. The van der Waals surface area contributed by atoms with Crippen LogP contribution in [0.4, 0.5) is 0 Å². The summed E-state index contributed by atoms with van der Waals surface area (Å²) in [6.07, 6.45) is 0.996. The molecule has 0 bridgehead atoms. The summed E-state index contributed by atoms with van der Waals surface area (Å²) in [7, 11) is 0. The average molecular weight is 351 g/mol. The Hall–Kier alpha value is -2.17. The van der Waals surface area contributed by atoms with Gasteiger partial charge in [-0.1, -0.05) is 48.0 Å². The summed E-state index contributed by atoms with van der Waals surface area (Å²) in [6.45, 7) is 9.28. The maximum absolute atomic E-state index is 12.1. The lowest BCUT2D eigenvalue weighted by Crippen LogP contribution is -2.46. The first-order valence-corrected chi connectivity index (χ1v) is 9.54. The molecule has 2 aromatic rings. The van der Waals surface area contributed by atoms with Crippen molar-refractivity contribution in [3.63, 3.8) is 0 Å². The van der Waals surface area contributed by atoms with Crippen molar-refractivity contribution in [3.8, 4) is 0 Å². The van der Waals surface area contributed by atoms with Crippen LogP contribution in [0.3, 0.4) is 0 Å². The molecule has 26 heavy (non-hydrogen) atoms. The summed E-state index contributed by atoms with van der Waals surface area (Å²) in [5.74, 6) is 0.0291. The Morgan fingerprint density at radius 3 is 2.42 bits per heavy atom. The van der Waals surface area contributed by atoms with E-state index in [1.807, 2.05) is 31.2 Å². The highest BCUT2D eigenvalue weighted by molar-refractivity contribution is 5.94. The number of nitrogens with one attached hydrogen (secondary N) is 1. The highest BCUT2D eigenvalue weighted by Crippen LogP contribution is 2.08. The second-order valence-electron chi connectivity index (χ2n) is 7.08. The highest BCUT2D eigenvalue weighted by Gasteiger charge is 2.16. The topological polar surface area (TPSA) is 35.6 Å². The minimum absolute atomic E-state index is 0.0291. The van der Waals surface area contributed by atoms with Crippen LogP contribution in [0.2, 0.25) is 0 Å². The summed E-state index contributed by atoms with van der Waals surface area (Å²) in [5.41, 5.74) is 3.25. The van der Waals surface area contributed by atoms with Crippen molar-refractivity contribution >= 4 is 5.91 Å². The second kappa shape index (κ2) is 9.51. The summed E-state index contributed by atoms with van der Waals surface area (Å²) < 4.78 is 0. The van der Waals surface area contributed by atoms with Crippen molar-refractivity contribution in [2.75, 3.05) is 39.3 Å². The van der Waals surface area contributed by atoms with E-state index < -0.39 is 0 Å². The molecule has 0 atom stereocenters. The van der Waals surface area contributed by atoms with Gasteiger partial charge in [0.1, 0.15) is 0 Å². The van der Waals surface area contributed by atoms with Gasteiger partial charge in [-0.3, -0.25) is 9.69 Å². The number of hydrogen-bond donors (Lipinski definition) is 1. The van der Waals surface area contributed by atoms with Crippen LogP contribution in [0.25, 0.3) is 0 Å². The number of amides is 1. The summed E-state index contributed by atoms with van der Waals surface area (Å²) in [4.78, 5) is 17.2. The maximum atomic E-state index is 12.1. The number of rotatable bonds is 7. The molecule has 1 N–H and O–H groups in total.